The summed E-state index contributed by atoms with van der Waals surface area (Å²) in [5.41, 5.74) is 1.44. The largest absolute Gasteiger partial charge is 0.497 e. The van der Waals surface area contributed by atoms with Crippen molar-refractivity contribution in [3.63, 3.8) is 0 Å². The van der Waals surface area contributed by atoms with E-state index < -0.39 is 5.25 Å². The lowest BCUT2D eigenvalue weighted by Gasteiger charge is -2.17. The number of nitrogens with zero attached hydrogens (tertiary/aromatic N) is 2. The van der Waals surface area contributed by atoms with Crippen LogP contribution in [0.2, 0.25) is 0 Å². The van der Waals surface area contributed by atoms with Gasteiger partial charge in [-0.2, -0.15) is 0 Å². The smallest absolute Gasteiger partial charge is 0.242 e. The van der Waals surface area contributed by atoms with E-state index >= 15 is 0 Å². The first-order chi connectivity index (χ1) is 13.5. The van der Waals surface area contributed by atoms with Gasteiger partial charge in [-0.15, -0.1) is 0 Å². The standard InChI is InChI=1S/C20H20FN3O3S/c1-22-18(25)11-17-19(26)24(12-13-3-9-16(27-2)10-4-13)20(28-17)23-15-7-5-14(21)6-8-15/h3-10,17H,11-12H2,1-2H3,(H,22,25). The Hall–Kier alpha value is -2.87. The van der Waals surface area contributed by atoms with Gasteiger partial charge < -0.3 is 10.1 Å². The van der Waals surface area contributed by atoms with E-state index in [0.717, 1.165) is 11.3 Å². The maximum absolute atomic E-state index is 13.2. The molecule has 1 aliphatic heterocycles. The van der Waals surface area contributed by atoms with E-state index in [0.29, 0.717) is 17.4 Å². The lowest BCUT2D eigenvalue weighted by atomic mass is 10.2. The average molecular weight is 401 g/mol. The van der Waals surface area contributed by atoms with Crippen LogP contribution in [0.15, 0.2) is 53.5 Å². The Morgan fingerprint density at radius 1 is 1.21 bits per heavy atom. The van der Waals surface area contributed by atoms with Crippen molar-refractivity contribution >= 4 is 34.4 Å². The third kappa shape index (κ3) is 4.69. The highest BCUT2D eigenvalue weighted by Crippen LogP contribution is 2.33. The Bertz CT molecular complexity index is 885. The summed E-state index contributed by atoms with van der Waals surface area (Å²) in [5.74, 6) is -0.0150. The van der Waals surface area contributed by atoms with Crippen LogP contribution in [0.5, 0.6) is 5.75 Å². The minimum Gasteiger partial charge on any atom is -0.497 e. The van der Waals surface area contributed by atoms with E-state index in [2.05, 4.69) is 10.3 Å². The maximum Gasteiger partial charge on any atom is 0.242 e. The summed E-state index contributed by atoms with van der Waals surface area (Å²) >= 11 is 1.24. The lowest BCUT2D eigenvalue weighted by Crippen LogP contribution is -2.33. The van der Waals surface area contributed by atoms with Crippen molar-refractivity contribution < 1.29 is 18.7 Å². The van der Waals surface area contributed by atoms with Crippen LogP contribution >= 0.6 is 11.8 Å². The molecule has 1 heterocycles. The summed E-state index contributed by atoms with van der Waals surface area (Å²) in [7, 11) is 3.13. The summed E-state index contributed by atoms with van der Waals surface area (Å²) in [5, 5.41) is 2.49. The van der Waals surface area contributed by atoms with Crippen molar-refractivity contribution in [3.05, 3.63) is 59.9 Å². The van der Waals surface area contributed by atoms with Gasteiger partial charge in [-0.25, -0.2) is 9.38 Å². The van der Waals surface area contributed by atoms with Crippen molar-refractivity contribution in [1.82, 2.24) is 10.2 Å². The zero-order valence-electron chi connectivity index (χ0n) is 15.5. The molecule has 6 nitrogen and oxygen atoms in total. The number of carbonyl (C=O) groups excluding carboxylic acids is 2. The quantitative estimate of drug-likeness (QED) is 0.808. The summed E-state index contributed by atoms with van der Waals surface area (Å²) in [6.07, 6.45) is 0.0710. The highest BCUT2D eigenvalue weighted by Gasteiger charge is 2.39. The van der Waals surface area contributed by atoms with E-state index in [9.17, 15) is 14.0 Å². The van der Waals surface area contributed by atoms with Crippen molar-refractivity contribution in [2.75, 3.05) is 14.2 Å². The number of hydrogen-bond donors (Lipinski definition) is 1. The van der Waals surface area contributed by atoms with Gasteiger partial charge in [-0.3, -0.25) is 14.5 Å². The third-order valence-electron chi connectivity index (χ3n) is 4.22. The van der Waals surface area contributed by atoms with Crippen LogP contribution in [0.25, 0.3) is 0 Å². The molecular formula is C20H20FN3O3S. The predicted octanol–water partition coefficient (Wildman–Crippen LogP) is 3.10. The predicted molar refractivity (Wildman–Crippen MR) is 107 cm³/mol. The molecule has 1 N–H and O–H groups in total. The highest BCUT2D eigenvalue weighted by molar-refractivity contribution is 8.15. The van der Waals surface area contributed by atoms with Crippen molar-refractivity contribution in [1.29, 1.82) is 0 Å². The molecule has 28 heavy (non-hydrogen) atoms. The number of amidine groups is 1. The number of amides is 2. The van der Waals surface area contributed by atoms with E-state index in [4.69, 9.17) is 4.74 Å². The number of rotatable bonds is 6. The molecule has 0 bridgehead atoms. The van der Waals surface area contributed by atoms with Crippen LogP contribution in [0.4, 0.5) is 10.1 Å². The summed E-state index contributed by atoms with van der Waals surface area (Å²) in [6.45, 7) is 0.320. The minimum atomic E-state index is -0.544. The topological polar surface area (TPSA) is 71.0 Å². The molecule has 0 radical (unpaired) electrons. The van der Waals surface area contributed by atoms with E-state index in [1.807, 2.05) is 24.3 Å². The second-order valence-electron chi connectivity index (χ2n) is 6.13. The molecule has 0 saturated carbocycles. The van der Waals surface area contributed by atoms with E-state index in [-0.39, 0.29) is 24.1 Å². The van der Waals surface area contributed by atoms with Crippen LogP contribution in [0.3, 0.4) is 0 Å². The first-order valence-corrected chi connectivity index (χ1v) is 9.54. The van der Waals surface area contributed by atoms with E-state index in [1.165, 1.54) is 30.9 Å². The van der Waals surface area contributed by atoms with Crippen LogP contribution in [0, 0.1) is 5.82 Å². The molecule has 1 fully saturated rings. The highest BCUT2D eigenvalue weighted by atomic mass is 32.2. The fourth-order valence-electron chi connectivity index (χ4n) is 2.68. The van der Waals surface area contributed by atoms with Crippen molar-refractivity contribution in [3.8, 4) is 5.75 Å². The first-order valence-electron chi connectivity index (χ1n) is 8.66. The number of aliphatic imine (C=N–C) groups is 1. The van der Waals surface area contributed by atoms with Gasteiger partial charge in [0.2, 0.25) is 11.8 Å². The number of nitrogens with one attached hydrogen (secondary N) is 1. The number of halogens is 1. The molecule has 3 rings (SSSR count). The monoisotopic (exact) mass is 401 g/mol. The van der Waals surface area contributed by atoms with E-state index in [1.54, 1.807) is 24.1 Å². The molecule has 2 aromatic carbocycles. The Balaban J connectivity index is 1.87. The van der Waals surface area contributed by atoms with Gasteiger partial charge >= 0.3 is 0 Å². The van der Waals surface area contributed by atoms with Gasteiger partial charge in [0, 0.05) is 13.5 Å². The molecule has 0 aromatic heterocycles. The fraction of sp³-hybridized carbons (Fsp3) is 0.250. The number of benzene rings is 2. The Morgan fingerprint density at radius 2 is 1.89 bits per heavy atom. The second-order valence-corrected chi connectivity index (χ2v) is 7.30. The molecule has 2 aromatic rings. The maximum atomic E-state index is 13.2. The SMILES string of the molecule is CNC(=O)CC1SC(=Nc2ccc(F)cc2)N(Cc2ccc(OC)cc2)C1=O. The first kappa shape index (κ1) is 19.9. The molecule has 8 heteroatoms. The van der Waals surface area contributed by atoms with Crippen LogP contribution < -0.4 is 10.1 Å². The Labute approximate surface area is 166 Å². The number of thioether (sulfide) groups is 1. The average Bonchev–Trinajstić information content (AvgIpc) is 2.99. The molecule has 146 valence electrons. The molecule has 1 unspecified atom stereocenters. The minimum absolute atomic E-state index is 0.0710. The van der Waals surface area contributed by atoms with Crippen molar-refractivity contribution in [2.45, 2.75) is 18.2 Å². The molecule has 0 spiro atoms. The van der Waals surface area contributed by atoms with Crippen LogP contribution in [-0.4, -0.2) is 41.3 Å². The fourth-order valence-corrected chi connectivity index (χ4v) is 3.84. The molecule has 2 amide bonds. The number of methoxy groups -OCH3 is 1. The number of ether oxygens (including phenoxy) is 1. The van der Waals surface area contributed by atoms with Gasteiger partial charge in [0.05, 0.1) is 19.3 Å². The third-order valence-corrected chi connectivity index (χ3v) is 5.40. The summed E-state index contributed by atoms with van der Waals surface area (Å²) < 4.78 is 18.3. The number of carbonyl (C=O) groups is 2. The molecule has 1 aliphatic rings. The zero-order chi connectivity index (χ0) is 20.1. The molecule has 0 aliphatic carbocycles. The van der Waals surface area contributed by atoms with Crippen LogP contribution in [-0.2, 0) is 16.1 Å². The molecule has 1 atom stereocenters. The normalized spacial score (nSPS) is 17.8. The molecular weight excluding hydrogens is 381 g/mol. The van der Waals surface area contributed by atoms with Gasteiger partial charge in [0.15, 0.2) is 5.17 Å². The Morgan fingerprint density at radius 3 is 2.50 bits per heavy atom. The van der Waals surface area contributed by atoms with Crippen molar-refractivity contribution in [2.24, 2.45) is 4.99 Å². The van der Waals surface area contributed by atoms with Gasteiger partial charge in [-0.05, 0) is 42.0 Å². The lowest BCUT2D eigenvalue weighted by molar-refractivity contribution is -0.129. The summed E-state index contributed by atoms with van der Waals surface area (Å²) in [6, 6.07) is 13.1. The van der Waals surface area contributed by atoms with Crippen LogP contribution in [0.1, 0.15) is 12.0 Å². The Kier molecular flexibility index (Phi) is 6.30. The number of hydrogen-bond acceptors (Lipinski definition) is 5. The summed E-state index contributed by atoms with van der Waals surface area (Å²) in [4.78, 5) is 30.7. The van der Waals surface area contributed by atoms with Gasteiger partial charge in [0.25, 0.3) is 0 Å². The molecule has 1 saturated heterocycles. The van der Waals surface area contributed by atoms with Gasteiger partial charge in [-0.1, -0.05) is 23.9 Å². The zero-order valence-corrected chi connectivity index (χ0v) is 16.3. The van der Waals surface area contributed by atoms with Gasteiger partial charge in [0.1, 0.15) is 16.8 Å². The second kappa shape index (κ2) is 8.88.